The maximum atomic E-state index is 12.3. The molecule has 0 bridgehead atoms. The Morgan fingerprint density at radius 1 is 1.20 bits per heavy atom. The number of carbonyl (C=O) groups excluding carboxylic acids is 2. The van der Waals surface area contributed by atoms with Gasteiger partial charge in [0.15, 0.2) is 0 Å². The average molecular weight is 273 g/mol. The second kappa shape index (κ2) is 4.69. The number of aliphatic hydroxyl groups is 2. The molecule has 0 saturated carbocycles. The van der Waals surface area contributed by atoms with Crippen LogP contribution in [0, 0.1) is 0 Å². The first-order valence-corrected chi connectivity index (χ1v) is 6.23. The molecule has 4 atom stereocenters. The molecule has 2 N–H and O–H groups in total. The summed E-state index contributed by atoms with van der Waals surface area (Å²) in [5, 5.41) is 19.2. The zero-order valence-electron chi connectivity index (χ0n) is 10.5. The summed E-state index contributed by atoms with van der Waals surface area (Å²) in [5.41, 5.74) is 0.564. The van der Waals surface area contributed by atoms with Crippen molar-refractivity contribution in [1.29, 1.82) is 0 Å². The zero-order chi connectivity index (χ0) is 14.4. The molecule has 2 radical (unpaired) electrons. The minimum atomic E-state index is -1.21. The second-order valence-corrected chi connectivity index (χ2v) is 4.83. The molecule has 2 amide bonds. The van der Waals surface area contributed by atoms with Crippen LogP contribution in [0.3, 0.4) is 0 Å². The highest BCUT2D eigenvalue weighted by molar-refractivity contribution is 6.22. The van der Waals surface area contributed by atoms with E-state index in [9.17, 15) is 14.7 Å². The van der Waals surface area contributed by atoms with Crippen molar-refractivity contribution in [2.24, 2.45) is 0 Å². The molecule has 0 aliphatic carbocycles. The first-order chi connectivity index (χ1) is 9.56. The van der Waals surface area contributed by atoms with E-state index < -0.39 is 42.7 Å². The number of carbonyl (C=O) groups is 2. The van der Waals surface area contributed by atoms with E-state index in [-0.39, 0.29) is 11.1 Å². The molecule has 0 aromatic heterocycles. The summed E-state index contributed by atoms with van der Waals surface area (Å²) in [6.07, 6.45) is -2.11. The van der Waals surface area contributed by atoms with Gasteiger partial charge in [0.2, 0.25) is 0 Å². The Balaban J connectivity index is 1.97. The molecule has 1 aromatic rings. The maximum absolute atomic E-state index is 12.3. The quantitative estimate of drug-likeness (QED) is 0.527. The Labute approximate surface area is 116 Å². The molecule has 1 fully saturated rings. The Morgan fingerprint density at radius 2 is 1.75 bits per heavy atom. The predicted octanol–water partition coefficient (Wildman–Crippen LogP) is -1.10. The molecule has 1 aromatic carbocycles. The van der Waals surface area contributed by atoms with Crippen LogP contribution in [0.2, 0.25) is 0 Å². The number of hydrogen-bond acceptors (Lipinski definition) is 5. The summed E-state index contributed by atoms with van der Waals surface area (Å²) in [7, 11) is 5.74. The molecule has 0 spiro atoms. The highest BCUT2D eigenvalue weighted by Crippen LogP contribution is 2.31. The van der Waals surface area contributed by atoms with Crippen LogP contribution in [0.5, 0.6) is 0 Å². The van der Waals surface area contributed by atoms with Crippen molar-refractivity contribution >= 4 is 19.7 Å². The van der Waals surface area contributed by atoms with Crippen LogP contribution in [0.15, 0.2) is 24.3 Å². The minimum Gasteiger partial charge on any atom is -0.394 e. The van der Waals surface area contributed by atoms with E-state index in [1.807, 2.05) is 0 Å². The van der Waals surface area contributed by atoms with Gasteiger partial charge < -0.3 is 14.9 Å². The fourth-order valence-corrected chi connectivity index (χ4v) is 2.71. The fourth-order valence-electron chi connectivity index (χ4n) is 2.71. The summed E-state index contributed by atoms with van der Waals surface area (Å²) < 4.78 is 5.17. The Hall–Kier alpha value is -1.70. The lowest BCUT2D eigenvalue weighted by Gasteiger charge is -2.27. The highest BCUT2D eigenvalue weighted by Gasteiger charge is 2.50. The van der Waals surface area contributed by atoms with Gasteiger partial charge in [-0.05, 0) is 12.1 Å². The van der Waals surface area contributed by atoms with Crippen LogP contribution in [0.25, 0.3) is 0 Å². The third kappa shape index (κ3) is 1.71. The number of rotatable bonds is 2. The number of nitrogens with zero attached hydrogens (tertiary/aromatic N) is 1. The van der Waals surface area contributed by atoms with E-state index >= 15 is 0 Å². The Bertz CT molecular complexity index is 543. The van der Waals surface area contributed by atoms with Crippen molar-refractivity contribution in [2.45, 2.75) is 24.3 Å². The first kappa shape index (κ1) is 13.3. The van der Waals surface area contributed by atoms with Gasteiger partial charge >= 0.3 is 0 Å². The largest absolute Gasteiger partial charge is 0.394 e. The number of ether oxygens (including phenoxy) is 1. The fraction of sp³-hybridized carbons (Fsp3) is 0.385. The smallest absolute Gasteiger partial charge is 0.261 e. The van der Waals surface area contributed by atoms with E-state index in [0.29, 0.717) is 0 Å². The van der Waals surface area contributed by atoms with Crippen LogP contribution in [0.1, 0.15) is 20.7 Å². The van der Waals surface area contributed by atoms with Gasteiger partial charge in [-0.1, -0.05) is 12.1 Å². The minimum absolute atomic E-state index is 0.282. The number of benzene rings is 1. The van der Waals surface area contributed by atoms with Gasteiger partial charge in [0.1, 0.15) is 20.1 Å². The van der Waals surface area contributed by atoms with Crippen LogP contribution in [-0.2, 0) is 4.74 Å². The average Bonchev–Trinajstić information content (AvgIpc) is 2.87. The molecular formula is C13H12BNO5. The Kier molecular flexibility index (Phi) is 3.12. The number of amides is 2. The van der Waals surface area contributed by atoms with Crippen molar-refractivity contribution < 1.29 is 24.5 Å². The van der Waals surface area contributed by atoms with Gasteiger partial charge in [-0.15, -0.1) is 0 Å². The number of fused-ring (bicyclic) bond motifs is 1. The molecule has 2 aliphatic heterocycles. The summed E-state index contributed by atoms with van der Waals surface area (Å²) in [6, 6.07) is 4.39. The van der Waals surface area contributed by atoms with Gasteiger partial charge in [-0.25, -0.2) is 0 Å². The van der Waals surface area contributed by atoms with Crippen molar-refractivity contribution in [2.75, 3.05) is 6.61 Å². The van der Waals surface area contributed by atoms with Crippen LogP contribution < -0.4 is 0 Å². The van der Waals surface area contributed by atoms with Gasteiger partial charge in [-0.3, -0.25) is 14.5 Å². The first-order valence-electron chi connectivity index (χ1n) is 6.23. The molecule has 3 rings (SSSR count). The van der Waals surface area contributed by atoms with Crippen LogP contribution in [-0.4, -0.2) is 65.6 Å². The van der Waals surface area contributed by atoms with Gasteiger partial charge in [-0.2, -0.15) is 0 Å². The second-order valence-electron chi connectivity index (χ2n) is 4.83. The monoisotopic (exact) mass is 273 g/mol. The predicted molar refractivity (Wildman–Crippen MR) is 68.2 cm³/mol. The third-order valence-electron chi connectivity index (χ3n) is 3.70. The van der Waals surface area contributed by atoms with E-state index in [1.165, 1.54) is 0 Å². The van der Waals surface area contributed by atoms with Crippen molar-refractivity contribution in [1.82, 2.24) is 4.90 Å². The standard InChI is InChI=1S/C13H12BNO5/c14-11-9(10(17)8(5-16)20-11)15-12(18)6-3-1-2-4-7(6)13(15)19/h1-4,8-11,16-17H,5H2/t8-,9?,10?,11-/m1/s1. The SMILES string of the molecule is [B][C@@H]1O[C@H](CO)C(O)C1N1C(=O)c2ccccc2C1=O. The lowest BCUT2D eigenvalue weighted by molar-refractivity contribution is -0.00589. The molecule has 1 saturated heterocycles. The number of aliphatic hydroxyl groups excluding tert-OH is 2. The highest BCUT2D eigenvalue weighted by atomic mass is 16.5. The van der Waals surface area contributed by atoms with Crippen LogP contribution in [0.4, 0.5) is 0 Å². The normalized spacial score (nSPS) is 32.8. The van der Waals surface area contributed by atoms with Crippen molar-refractivity contribution in [3.63, 3.8) is 0 Å². The molecule has 2 aliphatic rings. The lowest BCUT2D eigenvalue weighted by atomic mass is 9.89. The topological polar surface area (TPSA) is 87.1 Å². The van der Waals surface area contributed by atoms with E-state index in [1.54, 1.807) is 24.3 Å². The van der Waals surface area contributed by atoms with Gasteiger partial charge in [0.25, 0.3) is 11.8 Å². The third-order valence-corrected chi connectivity index (χ3v) is 3.70. The Morgan fingerprint density at radius 3 is 2.20 bits per heavy atom. The molecule has 2 heterocycles. The summed E-state index contributed by atoms with van der Waals surface area (Å²) in [4.78, 5) is 25.5. The summed E-state index contributed by atoms with van der Waals surface area (Å²) >= 11 is 0. The molecule has 102 valence electrons. The van der Waals surface area contributed by atoms with E-state index in [4.69, 9.17) is 17.7 Å². The number of imide groups is 1. The van der Waals surface area contributed by atoms with E-state index in [2.05, 4.69) is 0 Å². The molecule has 2 unspecified atom stereocenters. The van der Waals surface area contributed by atoms with Crippen molar-refractivity contribution in [3.8, 4) is 0 Å². The van der Waals surface area contributed by atoms with Gasteiger partial charge in [0, 0.05) is 6.00 Å². The molecule has 7 heteroatoms. The van der Waals surface area contributed by atoms with E-state index in [0.717, 1.165) is 4.90 Å². The molecule has 6 nitrogen and oxygen atoms in total. The number of hydrogen-bond donors (Lipinski definition) is 2. The molecule has 20 heavy (non-hydrogen) atoms. The maximum Gasteiger partial charge on any atom is 0.261 e. The lowest BCUT2D eigenvalue weighted by Crippen LogP contribution is -2.51. The summed E-state index contributed by atoms with van der Waals surface area (Å²) in [5.74, 6) is -1.01. The van der Waals surface area contributed by atoms with Gasteiger partial charge in [0.05, 0.1) is 23.8 Å². The zero-order valence-corrected chi connectivity index (χ0v) is 10.5. The van der Waals surface area contributed by atoms with Crippen molar-refractivity contribution in [3.05, 3.63) is 35.4 Å². The summed E-state index contributed by atoms with van der Waals surface area (Å²) in [6.45, 7) is -0.436. The molecular weight excluding hydrogens is 261 g/mol. The van der Waals surface area contributed by atoms with Crippen LogP contribution >= 0.6 is 0 Å².